The van der Waals surface area contributed by atoms with E-state index < -0.39 is 5.54 Å². The lowest BCUT2D eigenvalue weighted by Gasteiger charge is -2.28. The van der Waals surface area contributed by atoms with Crippen molar-refractivity contribution >= 4 is 17.3 Å². The molecule has 2 rings (SSSR count). The first kappa shape index (κ1) is 15.2. The summed E-state index contributed by atoms with van der Waals surface area (Å²) in [7, 11) is 0. The molecule has 108 valence electrons. The van der Waals surface area contributed by atoms with Crippen molar-refractivity contribution in [3.05, 3.63) is 29.3 Å². The minimum Gasteiger partial charge on any atom is -0.367 e. The van der Waals surface area contributed by atoms with E-state index in [-0.39, 0.29) is 0 Å². The summed E-state index contributed by atoms with van der Waals surface area (Å²) in [4.78, 5) is 0. The third kappa shape index (κ3) is 3.67. The first-order chi connectivity index (χ1) is 9.54. The molecule has 20 heavy (non-hydrogen) atoms. The van der Waals surface area contributed by atoms with E-state index in [2.05, 4.69) is 25.2 Å². The van der Waals surface area contributed by atoms with Crippen molar-refractivity contribution in [2.24, 2.45) is 11.8 Å². The van der Waals surface area contributed by atoms with Gasteiger partial charge in [-0.25, -0.2) is 0 Å². The predicted molar refractivity (Wildman–Crippen MR) is 84.8 cm³/mol. The maximum Gasteiger partial charge on any atom is 0.125 e. The van der Waals surface area contributed by atoms with Crippen molar-refractivity contribution < 1.29 is 0 Å². The number of hydrogen-bond donors (Lipinski definition) is 1. The van der Waals surface area contributed by atoms with Crippen molar-refractivity contribution in [3.63, 3.8) is 0 Å². The largest absolute Gasteiger partial charge is 0.367 e. The van der Waals surface area contributed by atoms with Gasteiger partial charge in [0.1, 0.15) is 5.54 Å². The zero-order valence-corrected chi connectivity index (χ0v) is 13.1. The van der Waals surface area contributed by atoms with Crippen LogP contribution in [0, 0.1) is 23.2 Å². The van der Waals surface area contributed by atoms with Crippen LogP contribution in [0.5, 0.6) is 0 Å². The number of benzene rings is 1. The quantitative estimate of drug-likeness (QED) is 0.772. The molecule has 1 aliphatic carbocycles. The lowest BCUT2D eigenvalue weighted by atomic mass is 9.87. The van der Waals surface area contributed by atoms with Gasteiger partial charge in [0.05, 0.1) is 6.07 Å². The topological polar surface area (TPSA) is 35.8 Å². The molecular weight excluding hydrogens is 268 g/mol. The van der Waals surface area contributed by atoms with Gasteiger partial charge >= 0.3 is 0 Å². The smallest absolute Gasteiger partial charge is 0.125 e. The van der Waals surface area contributed by atoms with Crippen LogP contribution < -0.4 is 5.32 Å². The summed E-state index contributed by atoms with van der Waals surface area (Å²) < 4.78 is 0. The van der Waals surface area contributed by atoms with Gasteiger partial charge in [0.2, 0.25) is 0 Å². The number of nitriles is 1. The van der Waals surface area contributed by atoms with Crippen molar-refractivity contribution in [1.29, 1.82) is 5.26 Å². The Kier molecular flexibility index (Phi) is 4.94. The van der Waals surface area contributed by atoms with E-state index in [4.69, 9.17) is 11.6 Å². The zero-order chi connectivity index (χ0) is 14.6. The Bertz CT molecular complexity index is 492. The van der Waals surface area contributed by atoms with E-state index in [1.54, 1.807) is 0 Å². The monoisotopic (exact) mass is 290 g/mol. The summed E-state index contributed by atoms with van der Waals surface area (Å²) >= 11 is 6.03. The van der Waals surface area contributed by atoms with Gasteiger partial charge in [-0.3, -0.25) is 0 Å². The summed E-state index contributed by atoms with van der Waals surface area (Å²) in [5, 5.41) is 13.8. The Labute approximate surface area is 127 Å². The summed E-state index contributed by atoms with van der Waals surface area (Å²) in [6, 6.07) is 10.2. The van der Waals surface area contributed by atoms with E-state index in [0.717, 1.165) is 37.3 Å². The van der Waals surface area contributed by atoms with Gasteiger partial charge in [0.15, 0.2) is 0 Å². The summed E-state index contributed by atoms with van der Waals surface area (Å²) in [5.41, 5.74) is 0.510. The number of hydrogen-bond acceptors (Lipinski definition) is 2. The van der Waals surface area contributed by atoms with Crippen LogP contribution in [-0.4, -0.2) is 5.54 Å². The summed E-state index contributed by atoms with van der Waals surface area (Å²) in [6.07, 6.45) is 5.30. The molecule has 1 saturated carbocycles. The Morgan fingerprint density at radius 1 is 1.35 bits per heavy atom. The summed E-state index contributed by atoms with van der Waals surface area (Å²) in [6.45, 7) is 4.57. The molecule has 1 aromatic carbocycles. The molecule has 1 N–H and O–H groups in total. The number of halogens is 1. The maximum atomic E-state index is 9.68. The van der Waals surface area contributed by atoms with E-state index in [1.807, 2.05) is 24.3 Å². The molecule has 2 nitrogen and oxygen atoms in total. The Morgan fingerprint density at radius 3 is 2.80 bits per heavy atom. The average molecular weight is 291 g/mol. The molecule has 1 fully saturated rings. The third-order valence-corrected chi connectivity index (χ3v) is 4.72. The number of anilines is 1. The second-order valence-corrected chi connectivity index (χ2v) is 6.70. The van der Waals surface area contributed by atoms with Gasteiger partial charge in [0.25, 0.3) is 0 Å². The Morgan fingerprint density at radius 2 is 2.15 bits per heavy atom. The maximum absolute atomic E-state index is 9.68. The van der Waals surface area contributed by atoms with Gasteiger partial charge in [-0.05, 0) is 55.7 Å². The van der Waals surface area contributed by atoms with Gasteiger partial charge in [-0.1, -0.05) is 37.9 Å². The molecule has 0 radical (unpaired) electrons. The number of nitrogens with one attached hydrogen (secondary N) is 1. The van der Waals surface area contributed by atoms with Gasteiger partial charge in [-0.2, -0.15) is 5.26 Å². The van der Waals surface area contributed by atoms with Crippen LogP contribution in [0.3, 0.4) is 0 Å². The minimum absolute atomic E-state index is 0.436. The molecule has 0 aliphatic heterocycles. The molecule has 0 heterocycles. The molecule has 3 heteroatoms. The molecule has 0 spiro atoms. The van der Waals surface area contributed by atoms with Crippen LogP contribution in [0.1, 0.15) is 46.0 Å². The van der Waals surface area contributed by atoms with Crippen LogP contribution in [0.4, 0.5) is 5.69 Å². The van der Waals surface area contributed by atoms with Gasteiger partial charge in [0, 0.05) is 10.7 Å². The van der Waals surface area contributed by atoms with E-state index in [9.17, 15) is 5.26 Å². The predicted octanol–water partition coefficient (Wildman–Crippen LogP) is 5.25. The highest BCUT2D eigenvalue weighted by Crippen LogP contribution is 2.36. The van der Waals surface area contributed by atoms with Crippen LogP contribution in [0.25, 0.3) is 0 Å². The fourth-order valence-corrected chi connectivity index (χ4v) is 3.33. The van der Waals surface area contributed by atoms with E-state index >= 15 is 0 Å². The Hall–Kier alpha value is -1.20. The van der Waals surface area contributed by atoms with E-state index in [0.29, 0.717) is 10.9 Å². The number of nitrogens with zero attached hydrogens (tertiary/aromatic N) is 1. The highest BCUT2D eigenvalue weighted by atomic mass is 35.5. The molecule has 1 aliphatic rings. The standard InChI is InChI=1S/C17H23ClN2/c1-13(2)14-5-4-9-17(12-19,10-8-14)20-16-7-3-6-15(18)11-16/h3,6-7,11,13-14,20H,4-5,8-10H2,1-2H3. The molecular formula is C17H23ClN2. The third-order valence-electron chi connectivity index (χ3n) is 4.49. The highest BCUT2D eigenvalue weighted by molar-refractivity contribution is 6.30. The van der Waals surface area contributed by atoms with Crippen LogP contribution in [-0.2, 0) is 0 Å². The first-order valence-electron chi connectivity index (χ1n) is 7.50. The fraction of sp³-hybridized carbons (Fsp3) is 0.588. The summed E-state index contributed by atoms with van der Waals surface area (Å²) in [5.74, 6) is 1.45. The van der Waals surface area contributed by atoms with Gasteiger partial charge in [-0.15, -0.1) is 0 Å². The fourth-order valence-electron chi connectivity index (χ4n) is 3.14. The number of rotatable bonds is 3. The van der Waals surface area contributed by atoms with Crippen LogP contribution >= 0.6 is 11.6 Å². The van der Waals surface area contributed by atoms with Gasteiger partial charge < -0.3 is 5.32 Å². The first-order valence-corrected chi connectivity index (χ1v) is 7.87. The van der Waals surface area contributed by atoms with Crippen LogP contribution in [0.15, 0.2) is 24.3 Å². The van der Waals surface area contributed by atoms with Crippen molar-refractivity contribution in [2.75, 3.05) is 5.32 Å². The highest BCUT2D eigenvalue weighted by Gasteiger charge is 2.33. The van der Waals surface area contributed by atoms with Crippen molar-refractivity contribution in [2.45, 2.75) is 51.5 Å². The second-order valence-electron chi connectivity index (χ2n) is 6.26. The molecule has 0 saturated heterocycles. The SMILES string of the molecule is CC(C)C1CCCC(C#N)(Nc2cccc(Cl)c2)CC1. The molecule has 1 aromatic rings. The molecule has 0 amide bonds. The van der Waals surface area contributed by atoms with Crippen LogP contribution in [0.2, 0.25) is 5.02 Å². The molecule has 2 unspecified atom stereocenters. The second kappa shape index (κ2) is 6.50. The Balaban J connectivity index is 2.12. The molecule has 2 atom stereocenters. The molecule has 0 bridgehead atoms. The van der Waals surface area contributed by atoms with Crippen molar-refractivity contribution in [1.82, 2.24) is 0 Å². The lowest BCUT2D eigenvalue weighted by molar-refractivity contribution is 0.339. The molecule has 0 aromatic heterocycles. The zero-order valence-electron chi connectivity index (χ0n) is 12.3. The lowest BCUT2D eigenvalue weighted by Crippen LogP contribution is -2.36. The normalized spacial score (nSPS) is 26.9. The average Bonchev–Trinajstić information content (AvgIpc) is 2.62. The van der Waals surface area contributed by atoms with E-state index in [1.165, 1.54) is 6.42 Å². The van der Waals surface area contributed by atoms with Crippen molar-refractivity contribution in [3.8, 4) is 6.07 Å². The minimum atomic E-state index is -0.436.